The first-order valence-corrected chi connectivity index (χ1v) is 7.84. The molecule has 0 aliphatic carbocycles. The molecule has 2 N–H and O–H groups in total. The molecular formula is C17H24N2O2. The van der Waals surface area contributed by atoms with E-state index in [0.717, 1.165) is 36.9 Å². The number of nitrogens with zero attached hydrogens (tertiary/aromatic N) is 1. The van der Waals surface area contributed by atoms with Gasteiger partial charge in [0.15, 0.2) is 0 Å². The average Bonchev–Trinajstić information content (AvgIpc) is 2.66. The predicted molar refractivity (Wildman–Crippen MR) is 83.3 cm³/mol. The number of aliphatic hydroxyl groups excluding tert-OH is 1. The molecule has 2 bridgehead atoms. The van der Waals surface area contributed by atoms with Crippen LogP contribution in [0.1, 0.15) is 36.8 Å². The van der Waals surface area contributed by atoms with Crippen molar-refractivity contribution in [2.75, 3.05) is 11.9 Å². The number of benzene rings is 1. The third-order valence-electron chi connectivity index (χ3n) is 4.84. The van der Waals surface area contributed by atoms with E-state index in [9.17, 15) is 9.90 Å². The predicted octanol–water partition coefficient (Wildman–Crippen LogP) is 2.23. The Morgan fingerprint density at radius 2 is 1.95 bits per heavy atom. The van der Waals surface area contributed by atoms with Gasteiger partial charge in [-0.1, -0.05) is 17.7 Å². The van der Waals surface area contributed by atoms with E-state index in [1.165, 1.54) is 5.56 Å². The first kappa shape index (κ1) is 14.5. The zero-order valence-electron chi connectivity index (χ0n) is 12.8. The lowest BCUT2D eigenvalue weighted by atomic mass is 10.00. The summed E-state index contributed by atoms with van der Waals surface area (Å²) in [6.07, 6.45) is 3.67. The van der Waals surface area contributed by atoms with Crippen molar-refractivity contribution in [1.29, 1.82) is 0 Å². The molecule has 1 aromatic carbocycles. The minimum atomic E-state index is -0.179. The lowest BCUT2D eigenvalue weighted by Gasteiger charge is -2.36. The topological polar surface area (TPSA) is 52.6 Å². The van der Waals surface area contributed by atoms with Crippen LogP contribution in [-0.4, -0.2) is 40.6 Å². The molecule has 21 heavy (non-hydrogen) atoms. The molecule has 4 nitrogen and oxygen atoms in total. The van der Waals surface area contributed by atoms with Crippen LogP contribution >= 0.6 is 0 Å². The lowest BCUT2D eigenvalue weighted by molar-refractivity contribution is -0.119. The number of rotatable bonds is 3. The zero-order valence-corrected chi connectivity index (χ0v) is 12.8. The van der Waals surface area contributed by atoms with Gasteiger partial charge in [-0.15, -0.1) is 0 Å². The Morgan fingerprint density at radius 3 is 2.57 bits per heavy atom. The second kappa shape index (κ2) is 5.78. The van der Waals surface area contributed by atoms with Crippen LogP contribution in [0.4, 0.5) is 5.69 Å². The fourth-order valence-electron chi connectivity index (χ4n) is 3.81. The van der Waals surface area contributed by atoms with Crippen LogP contribution in [0.5, 0.6) is 0 Å². The van der Waals surface area contributed by atoms with E-state index in [1.807, 2.05) is 19.1 Å². The smallest absolute Gasteiger partial charge is 0.238 e. The Hall–Kier alpha value is -1.39. The van der Waals surface area contributed by atoms with E-state index in [4.69, 9.17) is 0 Å². The Morgan fingerprint density at radius 1 is 1.29 bits per heavy atom. The number of aryl methyl sites for hydroxylation is 2. The summed E-state index contributed by atoms with van der Waals surface area (Å²) in [6, 6.07) is 6.82. The van der Waals surface area contributed by atoms with Crippen molar-refractivity contribution in [2.45, 2.75) is 57.7 Å². The van der Waals surface area contributed by atoms with Gasteiger partial charge >= 0.3 is 0 Å². The summed E-state index contributed by atoms with van der Waals surface area (Å²) in [5.74, 6) is 0.0512. The Bertz CT molecular complexity index is 530. The molecule has 2 aliphatic rings. The van der Waals surface area contributed by atoms with Gasteiger partial charge in [-0.2, -0.15) is 0 Å². The van der Waals surface area contributed by atoms with Gasteiger partial charge in [0.1, 0.15) is 0 Å². The maximum absolute atomic E-state index is 12.3. The number of amides is 1. The van der Waals surface area contributed by atoms with E-state index in [2.05, 4.69) is 23.2 Å². The zero-order chi connectivity index (χ0) is 15.0. The van der Waals surface area contributed by atoms with Crippen LogP contribution in [0, 0.1) is 13.8 Å². The summed E-state index contributed by atoms with van der Waals surface area (Å²) in [5, 5.41) is 12.8. The fourth-order valence-corrected chi connectivity index (χ4v) is 3.81. The summed E-state index contributed by atoms with van der Waals surface area (Å²) in [4.78, 5) is 14.6. The minimum Gasteiger partial charge on any atom is -0.393 e. The molecule has 0 aromatic heterocycles. The van der Waals surface area contributed by atoms with Crippen molar-refractivity contribution < 1.29 is 9.90 Å². The third-order valence-corrected chi connectivity index (χ3v) is 4.84. The number of anilines is 1. The summed E-state index contributed by atoms with van der Waals surface area (Å²) < 4.78 is 0. The van der Waals surface area contributed by atoms with Gasteiger partial charge in [-0.25, -0.2) is 0 Å². The lowest BCUT2D eigenvalue weighted by Crippen LogP contribution is -2.47. The molecule has 114 valence electrons. The van der Waals surface area contributed by atoms with Crippen LogP contribution in [0.3, 0.4) is 0 Å². The number of nitrogens with one attached hydrogen (secondary N) is 1. The van der Waals surface area contributed by atoms with E-state index in [0.29, 0.717) is 18.6 Å². The number of carbonyl (C=O) groups excluding carboxylic acids is 1. The molecule has 4 heteroatoms. The van der Waals surface area contributed by atoms with Crippen molar-refractivity contribution in [3.63, 3.8) is 0 Å². The van der Waals surface area contributed by atoms with Gasteiger partial charge < -0.3 is 10.4 Å². The normalized spacial score (nSPS) is 28.6. The highest BCUT2D eigenvalue weighted by Gasteiger charge is 2.40. The second-order valence-corrected chi connectivity index (χ2v) is 6.55. The first-order chi connectivity index (χ1) is 10.0. The van der Waals surface area contributed by atoms with Crippen molar-refractivity contribution >= 4 is 11.6 Å². The van der Waals surface area contributed by atoms with Crippen LogP contribution in [0.15, 0.2) is 18.2 Å². The van der Waals surface area contributed by atoms with Crippen LogP contribution in [0.2, 0.25) is 0 Å². The maximum Gasteiger partial charge on any atom is 0.238 e. The Labute approximate surface area is 126 Å². The summed E-state index contributed by atoms with van der Waals surface area (Å²) in [5.41, 5.74) is 3.20. The number of aliphatic hydroxyl groups is 1. The van der Waals surface area contributed by atoms with Crippen molar-refractivity contribution in [3.05, 3.63) is 29.3 Å². The number of carbonyl (C=O) groups is 1. The highest BCUT2D eigenvalue weighted by molar-refractivity contribution is 5.93. The molecule has 0 spiro atoms. The van der Waals surface area contributed by atoms with Gasteiger partial charge in [-0.05, 0) is 51.2 Å². The molecule has 2 unspecified atom stereocenters. The second-order valence-electron chi connectivity index (χ2n) is 6.55. The number of piperidine rings is 1. The van der Waals surface area contributed by atoms with Gasteiger partial charge in [0.05, 0.1) is 12.6 Å². The molecular weight excluding hydrogens is 264 g/mol. The quantitative estimate of drug-likeness (QED) is 0.897. The van der Waals surface area contributed by atoms with Gasteiger partial charge in [0.2, 0.25) is 5.91 Å². The van der Waals surface area contributed by atoms with Gasteiger partial charge in [0.25, 0.3) is 0 Å². The van der Waals surface area contributed by atoms with E-state index in [-0.39, 0.29) is 12.0 Å². The molecule has 1 amide bonds. The largest absolute Gasteiger partial charge is 0.393 e. The summed E-state index contributed by atoms with van der Waals surface area (Å²) in [7, 11) is 0. The number of hydrogen-bond donors (Lipinski definition) is 2. The van der Waals surface area contributed by atoms with Crippen LogP contribution in [-0.2, 0) is 4.79 Å². The monoisotopic (exact) mass is 288 g/mol. The average molecular weight is 288 g/mol. The highest BCUT2D eigenvalue weighted by Crippen LogP contribution is 2.35. The standard InChI is InChI=1S/C17H24N2O2/c1-11-3-6-16(12(2)7-11)18-17(21)10-19-13-4-5-14(19)9-15(20)8-13/h3,6-7,13-15,20H,4-5,8-10H2,1-2H3,(H,18,21). The van der Waals surface area contributed by atoms with E-state index >= 15 is 0 Å². The molecule has 2 saturated heterocycles. The fraction of sp³-hybridized carbons (Fsp3) is 0.588. The first-order valence-electron chi connectivity index (χ1n) is 7.84. The van der Waals surface area contributed by atoms with Gasteiger partial charge in [-0.3, -0.25) is 9.69 Å². The van der Waals surface area contributed by atoms with E-state index < -0.39 is 0 Å². The maximum atomic E-state index is 12.3. The van der Waals surface area contributed by atoms with E-state index in [1.54, 1.807) is 0 Å². The molecule has 3 rings (SSSR count). The molecule has 2 aliphatic heterocycles. The summed E-state index contributed by atoms with van der Waals surface area (Å²) in [6.45, 7) is 4.51. The summed E-state index contributed by atoms with van der Waals surface area (Å²) >= 11 is 0. The molecule has 1 aromatic rings. The molecule has 0 radical (unpaired) electrons. The van der Waals surface area contributed by atoms with Crippen molar-refractivity contribution in [2.24, 2.45) is 0 Å². The van der Waals surface area contributed by atoms with Crippen LogP contribution < -0.4 is 5.32 Å². The van der Waals surface area contributed by atoms with Crippen molar-refractivity contribution in [3.8, 4) is 0 Å². The van der Waals surface area contributed by atoms with Crippen molar-refractivity contribution in [1.82, 2.24) is 4.90 Å². The molecule has 2 atom stereocenters. The third kappa shape index (κ3) is 3.11. The minimum absolute atomic E-state index is 0.0512. The van der Waals surface area contributed by atoms with Crippen LogP contribution in [0.25, 0.3) is 0 Å². The van der Waals surface area contributed by atoms with Gasteiger partial charge in [0, 0.05) is 17.8 Å². The highest BCUT2D eigenvalue weighted by atomic mass is 16.3. The number of fused-ring (bicyclic) bond motifs is 2. The Balaban J connectivity index is 1.62. The SMILES string of the molecule is Cc1ccc(NC(=O)CN2C3CCC2CC(O)C3)c(C)c1. The molecule has 2 fully saturated rings. The number of hydrogen-bond acceptors (Lipinski definition) is 3. The Kier molecular flexibility index (Phi) is 4.00. The molecule has 0 saturated carbocycles. The molecule has 2 heterocycles.